The van der Waals surface area contributed by atoms with Crippen LogP contribution in [-0.4, -0.2) is 24.1 Å². The number of anilines is 1. The number of methoxy groups -OCH3 is 1. The molecule has 0 aromatic heterocycles. The number of hydrogen-bond acceptors (Lipinski definition) is 5. The summed E-state index contributed by atoms with van der Waals surface area (Å²) in [5.41, 5.74) is 0.516. The number of phenols is 1. The van der Waals surface area contributed by atoms with Gasteiger partial charge in [0.15, 0.2) is 5.75 Å². The summed E-state index contributed by atoms with van der Waals surface area (Å²) in [7, 11) is 1.47. The van der Waals surface area contributed by atoms with Crippen LogP contribution < -0.4 is 14.8 Å². The SMILES string of the molecule is COc1cc2ccccc2cc1C(=O)Oc1cc(Cl)ccc1NC(=O)c1cc2ccccc2cc1O. The smallest absolute Gasteiger partial charge is 0.347 e. The summed E-state index contributed by atoms with van der Waals surface area (Å²) >= 11 is 6.16. The lowest BCUT2D eigenvalue weighted by Gasteiger charge is -2.14. The van der Waals surface area contributed by atoms with E-state index in [1.165, 1.54) is 25.3 Å². The lowest BCUT2D eigenvalue weighted by Crippen LogP contribution is -2.15. The number of rotatable bonds is 5. The molecule has 5 aromatic carbocycles. The van der Waals surface area contributed by atoms with Gasteiger partial charge in [-0.1, -0.05) is 60.1 Å². The minimum absolute atomic E-state index is 0.0522. The molecule has 0 fully saturated rings. The second-order valence-electron chi connectivity index (χ2n) is 8.10. The molecule has 0 saturated heterocycles. The van der Waals surface area contributed by atoms with Crippen molar-refractivity contribution in [3.8, 4) is 17.2 Å². The molecule has 1 amide bonds. The van der Waals surface area contributed by atoms with Crippen molar-refractivity contribution >= 4 is 50.7 Å². The minimum Gasteiger partial charge on any atom is -0.507 e. The molecular weight excluding hydrogens is 478 g/mol. The van der Waals surface area contributed by atoms with Crippen molar-refractivity contribution in [2.24, 2.45) is 0 Å². The van der Waals surface area contributed by atoms with Crippen LogP contribution in [0.3, 0.4) is 0 Å². The maximum absolute atomic E-state index is 13.2. The quantitative estimate of drug-likeness (QED) is 0.205. The molecule has 2 N–H and O–H groups in total. The molecule has 0 radical (unpaired) electrons. The normalized spacial score (nSPS) is 10.8. The fourth-order valence-electron chi connectivity index (χ4n) is 3.99. The van der Waals surface area contributed by atoms with E-state index >= 15 is 0 Å². The average molecular weight is 498 g/mol. The fraction of sp³-hybridized carbons (Fsp3) is 0.0345. The highest BCUT2D eigenvalue weighted by Crippen LogP contribution is 2.33. The first-order valence-corrected chi connectivity index (χ1v) is 11.4. The Hall–Kier alpha value is -4.55. The molecule has 0 saturated carbocycles. The molecular formula is C29H20ClNO5. The van der Waals surface area contributed by atoms with Crippen LogP contribution in [0, 0.1) is 0 Å². The number of ether oxygens (including phenoxy) is 2. The Bertz CT molecular complexity index is 1650. The number of carbonyl (C=O) groups is 2. The molecule has 178 valence electrons. The molecule has 36 heavy (non-hydrogen) atoms. The Labute approximate surface area is 211 Å². The standard InChI is InChI=1S/C29H20ClNO5/c1-35-26-15-20-9-5-3-7-18(20)13-23(26)29(34)36-27-16-21(30)10-11-24(27)31-28(33)22-12-17-6-2-4-8-19(17)14-25(22)32/h2-16,32H,1H3,(H,31,33). The van der Waals surface area contributed by atoms with E-state index in [9.17, 15) is 14.7 Å². The number of aromatic hydroxyl groups is 1. The number of halogens is 1. The Morgan fingerprint density at radius 2 is 1.33 bits per heavy atom. The van der Waals surface area contributed by atoms with E-state index < -0.39 is 11.9 Å². The predicted octanol–water partition coefficient (Wildman–Crippen LogP) is 6.83. The van der Waals surface area contributed by atoms with Crippen molar-refractivity contribution < 1.29 is 24.2 Å². The summed E-state index contributed by atoms with van der Waals surface area (Å²) in [6.07, 6.45) is 0. The lowest BCUT2D eigenvalue weighted by atomic mass is 10.1. The summed E-state index contributed by atoms with van der Waals surface area (Å²) in [6, 6.07) is 26.0. The van der Waals surface area contributed by atoms with Crippen LogP contribution in [0.15, 0.2) is 91.0 Å². The van der Waals surface area contributed by atoms with Gasteiger partial charge in [-0.05, 0) is 57.9 Å². The molecule has 5 aromatic rings. The summed E-state index contributed by atoms with van der Waals surface area (Å²) in [5.74, 6) is -1.01. The maximum atomic E-state index is 13.2. The van der Waals surface area contributed by atoms with Crippen LogP contribution in [-0.2, 0) is 0 Å². The molecule has 0 aliphatic carbocycles. The van der Waals surface area contributed by atoms with Gasteiger partial charge in [-0.2, -0.15) is 0 Å². The monoisotopic (exact) mass is 497 g/mol. The van der Waals surface area contributed by atoms with Gasteiger partial charge < -0.3 is 19.9 Å². The van der Waals surface area contributed by atoms with Crippen LogP contribution in [0.2, 0.25) is 5.02 Å². The van der Waals surface area contributed by atoms with Gasteiger partial charge in [-0.3, -0.25) is 4.79 Å². The number of phenolic OH excluding ortho intramolecular Hbond substituents is 1. The van der Waals surface area contributed by atoms with E-state index in [4.69, 9.17) is 21.1 Å². The van der Waals surface area contributed by atoms with Crippen molar-refractivity contribution in [2.75, 3.05) is 12.4 Å². The molecule has 0 aliphatic rings. The van der Waals surface area contributed by atoms with Gasteiger partial charge in [-0.15, -0.1) is 0 Å². The summed E-state index contributed by atoms with van der Waals surface area (Å²) in [4.78, 5) is 26.2. The van der Waals surface area contributed by atoms with Gasteiger partial charge >= 0.3 is 5.97 Å². The highest BCUT2D eigenvalue weighted by Gasteiger charge is 2.20. The topological polar surface area (TPSA) is 84.9 Å². The number of amides is 1. The fourth-order valence-corrected chi connectivity index (χ4v) is 4.15. The Balaban J connectivity index is 1.46. The Morgan fingerprint density at radius 3 is 1.97 bits per heavy atom. The first kappa shape index (κ1) is 23.2. The third-order valence-electron chi connectivity index (χ3n) is 5.79. The predicted molar refractivity (Wildman–Crippen MR) is 140 cm³/mol. The summed E-state index contributed by atoms with van der Waals surface area (Å²) in [5, 5.41) is 16.8. The lowest BCUT2D eigenvalue weighted by molar-refractivity contribution is 0.0731. The van der Waals surface area contributed by atoms with Gasteiger partial charge in [0, 0.05) is 11.1 Å². The third kappa shape index (κ3) is 4.54. The zero-order chi connectivity index (χ0) is 25.2. The highest BCUT2D eigenvalue weighted by atomic mass is 35.5. The zero-order valence-corrected chi connectivity index (χ0v) is 19.9. The van der Waals surface area contributed by atoms with Gasteiger partial charge in [0.1, 0.15) is 17.1 Å². The van der Waals surface area contributed by atoms with Crippen molar-refractivity contribution in [2.45, 2.75) is 0 Å². The Morgan fingerprint density at radius 1 is 0.750 bits per heavy atom. The molecule has 0 spiro atoms. The number of esters is 1. The number of fused-ring (bicyclic) bond motifs is 2. The summed E-state index contributed by atoms with van der Waals surface area (Å²) in [6.45, 7) is 0. The van der Waals surface area contributed by atoms with Crippen LogP contribution in [0.5, 0.6) is 17.2 Å². The van der Waals surface area contributed by atoms with E-state index in [0.717, 1.165) is 21.5 Å². The first-order valence-electron chi connectivity index (χ1n) is 11.0. The number of carbonyl (C=O) groups excluding carboxylic acids is 2. The molecule has 6 nitrogen and oxygen atoms in total. The van der Waals surface area contributed by atoms with Crippen molar-refractivity contribution in [1.82, 2.24) is 0 Å². The molecule has 0 unspecified atom stereocenters. The van der Waals surface area contributed by atoms with E-state index in [1.54, 1.807) is 24.3 Å². The second-order valence-corrected chi connectivity index (χ2v) is 8.54. The van der Waals surface area contributed by atoms with Gasteiger partial charge in [0.2, 0.25) is 0 Å². The molecule has 0 atom stereocenters. The molecule has 0 aliphatic heterocycles. The maximum Gasteiger partial charge on any atom is 0.347 e. The van der Waals surface area contributed by atoms with Gasteiger partial charge in [-0.25, -0.2) is 4.79 Å². The van der Waals surface area contributed by atoms with Crippen molar-refractivity contribution in [1.29, 1.82) is 0 Å². The van der Waals surface area contributed by atoms with Crippen molar-refractivity contribution in [3.63, 3.8) is 0 Å². The van der Waals surface area contributed by atoms with Crippen LogP contribution >= 0.6 is 11.6 Å². The van der Waals surface area contributed by atoms with E-state index in [2.05, 4.69) is 5.32 Å². The molecule has 7 heteroatoms. The van der Waals surface area contributed by atoms with Crippen LogP contribution in [0.4, 0.5) is 5.69 Å². The summed E-state index contributed by atoms with van der Waals surface area (Å²) < 4.78 is 11.1. The third-order valence-corrected chi connectivity index (χ3v) is 6.03. The van der Waals surface area contributed by atoms with E-state index in [1.807, 2.05) is 48.5 Å². The van der Waals surface area contributed by atoms with Gasteiger partial charge in [0.05, 0.1) is 18.4 Å². The average Bonchev–Trinajstić information content (AvgIpc) is 2.88. The van der Waals surface area contributed by atoms with Gasteiger partial charge in [0.25, 0.3) is 5.91 Å². The van der Waals surface area contributed by atoms with Crippen molar-refractivity contribution in [3.05, 3.63) is 107 Å². The molecule has 5 rings (SSSR count). The highest BCUT2D eigenvalue weighted by molar-refractivity contribution is 6.31. The molecule has 0 heterocycles. The minimum atomic E-state index is -0.677. The van der Waals surface area contributed by atoms with E-state index in [-0.39, 0.29) is 28.3 Å². The van der Waals surface area contributed by atoms with E-state index in [0.29, 0.717) is 10.8 Å². The zero-order valence-electron chi connectivity index (χ0n) is 19.1. The number of benzene rings is 5. The molecule has 0 bridgehead atoms. The second kappa shape index (κ2) is 9.60. The number of hydrogen-bond donors (Lipinski definition) is 2. The number of nitrogens with one attached hydrogen (secondary N) is 1. The largest absolute Gasteiger partial charge is 0.507 e. The van der Waals surface area contributed by atoms with Crippen LogP contribution in [0.1, 0.15) is 20.7 Å². The Kier molecular flexibility index (Phi) is 6.19. The van der Waals surface area contributed by atoms with Crippen LogP contribution in [0.25, 0.3) is 21.5 Å². The first-order chi connectivity index (χ1) is 17.4.